The molecule has 0 radical (unpaired) electrons. The van der Waals surface area contributed by atoms with Gasteiger partial charge in [0.25, 0.3) is 5.56 Å². The first-order chi connectivity index (χ1) is 14.4. The van der Waals surface area contributed by atoms with Gasteiger partial charge in [0.2, 0.25) is 5.95 Å². The number of nitrogens with zero attached hydrogens (tertiary/aromatic N) is 4. The molecule has 2 heterocycles. The number of anilines is 1. The number of hydrogen-bond acceptors (Lipinski definition) is 5. The molecule has 2 aromatic heterocycles. The molecule has 0 saturated heterocycles. The van der Waals surface area contributed by atoms with Crippen molar-refractivity contribution >= 4 is 23.3 Å². The van der Waals surface area contributed by atoms with E-state index in [9.17, 15) is 9.59 Å². The van der Waals surface area contributed by atoms with Crippen LogP contribution in [0.3, 0.4) is 0 Å². The Labute approximate surface area is 172 Å². The minimum atomic E-state index is -0.511. The highest BCUT2D eigenvalue weighted by atomic mass is 16.2. The van der Waals surface area contributed by atoms with Crippen molar-refractivity contribution in [3.63, 3.8) is 0 Å². The van der Waals surface area contributed by atoms with Crippen molar-refractivity contribution in [1.82, 2.24) is 19.1 Å². The van der Waals surface area contributed by atoms with E-state index in [-0.39, 0.29) is 0 Å². The van der Waals surface area contributed by atoms with Crippen LogP contribution in [0.2, 0.25) is 0 Å². The van der Waals surface area contributed by atoms with Gasteiger partial charge in [-0.1, -0.05) is 54.1 Å². The monoisotopic (exact) mass is 402 g/mol. The number of hydrogen-bond donors (Lipinski definition) is 2. The van der Waals surface area contributed by atoms with E-state index in [0.717, 1.165) is 22.3 Å². The van der Waals surface area contributed by atoms with Gasteiger partial charge in [0.05, 0.1) is 12.8 Å². The predicted octanol–water partition coefficient (Wildman–Crippen LogP) is 2.53. The Morgan fingerprint density at radius 3 is 2.67 bits per heavy atom. The fourth-order valence-corrected chi connectivity index (χ4v) is 3.32. The van der Waals surface area contributed by atoms with Crippen molar-refractivity contribution in [2.45, 2.75) is 20.4 Å². The lowest BCUT2D eigenvalue weighted by Crippen LogP contribution is -2.29. The maximum absolute atomic E-state index is 12.6. The number of aromatic amines is 1. The zero-order valence-electron chi connectivity index (χ0n) is 17.0. The molecule has 2 N–H and O–H groups in total. The lowest BCUT2D eigenvalue weighted by Gasteiger charge is -2.11. The number of H-pyrrole nitrogens is 1. The van der Waals surface area contributed by atoms with E-state index in [2.05, 4.69) is 26.6 Å². The van der Waals surface area contributed by atoms with E-state index in [4.69, 9.17) is 0 Å². The summed E-state index contributed by atoms with van der Waals surface area (Å²) in [5, 5.41) is 4.27. The number of hydrazone groups is 1. The highest BCUT2D eigenvalue weighted by molar-refractivity contribution is 5.80. The molecule has 0 aliphatic heterocycles. The quantitative estimate of drug-likeness (QED) is 0.396. The lowest BCUT2D eigenvalue weighted by atomic mass is 10.1. The van der Waals surface area contributed by atoms with Crippen LogP contribution in [-0.2, 0) is 13.6 Å². The minimum Gasteiger partial charge on any atom is -0.298 e. The molecule has 0 aliphatic carbocycles. The molecule has 0 saturated carbocycles. The van der Waals surface area contributed by atoms with E-state index in [1.54, 1.807) is 17.8 Å². The zero-order valence-corrected chi connectivity index (χ0v) is 17.0. The highest BCUT2D eigenvalue weighted by Crippen LogP contribution is 2.20. The Hall–Kier alpha value is -3.94. The summed E-state index contributed by atoms with van der Waals surface area (Å²) in [7, 11) is 1.58. The summed E-state index contributed by atoms with van der Waals surface area (Å²) < 4.78 is 3.07. The largest absolute Gasteiger partial charge is 0.329 e. The van der Waals surface area contributed by atoms with Gasteiger partial charge in [-0.3, -0.25) is 18.9 Å². The fraction of sp³-hybridized carbons (Fsp3) is 0.182. The van der Waals surface area contributed by atoms with Crippen LogP contribution in [0.4, 0.5) is 5.95 Å². The molecule has 152 valence electrons. The van der Waals surface area contributed by atoms with Crippen LogP contribution < -0.4 is 16.7 Å². The summed E-state index contributed by atoms with van der Waals surface area (Å²) in [6.07, 6.45) is 1.67. The zero-order chi connectivity index (χ0) is 21.3. The van der Waals surface area contributed by atoms with Crippen molar-refractivity contribution < 1.29 is 0 Å². The van der Waals surface area contributed by atoms with Gasteiger partial charge in [-0.05, 0) is 30.5 Å². The first-order valence-corrected chi connectivity index (χ1v) is 9.54. The van der Waals surface area contributed by atoms with E-state index < -0.39 is 11.2 Å². The van der Waals surface area contributed by atoms with Crippen molar-refractivity contribution in [3.05, 3.63) is 91.6 Å². The summed E-state index contributed by atoms with van der Waals surface area (Å²) in [6.45, 7) is 4.46. The first kappa shape index (κ1) is 19.4. The highest BCUT2D eigenvalue weighted by Gasteiger charge is 2.18. The second kappa shape index (κ2) is 7.82. The second-order valence-corrected chi connectivity index (χ2v) is 7.22. The van der Waals surface area contributed by atoms with E-state index in [1.165, 1.54) is 4.57 Å². The molecule has 8 nitrogen and oxygen atoms in total. The normalized spacial score (nSPS) is 11.4. The van der Waals surface area contributed by atoms with Crippen molar-refractivity contribution in [2.75, 3.05) is 5.43 Å². The summed E-state index contributed by atoms with van der Waals surface area (Å²) in [5.41, 5.74) is 6.75. The van der Waals surface area contributed by atoms with Gasteiger partial charge in [0.15, 0.2) is 11.2 Å². The van der Waals surface area contributed by atoms with Crippen LogP contribution in [-0.4, -0.2) is 25.3 Å². The summed E-state index contributed by atoms with van der Waals surface area (Å²) >= 11 is 0. The molecule has 0 unspecified atom stereocenters. The molecule has 0 atom stereocenters. The topological polar surface area (TPSA) is 97.1 Å². The molecule has 0 fully saturated rings. The molecule has 4 rings (SSSR count). The van der Waals surface area contributed by atoms with Gasteiger partial charge in [-0.15, -0.1) is 0 Å². The van der Waals surface area contributed by atoms with Crippen LogP contribution in [0.15, 0.2) is 63.2 Å². The average Bonchev–Trinajstić information content (AvgIpc) is 3.09. The van der Waals surface area contributed by atoms with Crippen LogP contribution in [0.1, 0.15) is 22.3 Å². The molecule has 4 aromatic rings. The van der Waals surface area contributed by atoms with Crippen LogP contribution >= 0.6 is 0 Å². The van der Waals surface area contributed by atoms with Gasteiger partial charge in [-0.25, -0.2) is 10.2 Å². The molecule has 8 heteroatoms. The fourth-order valence-electron chi connectivity index (χ4n) is 3.32. The van der Waals surface area contributed by atoms with Crippen LogP contribution in [0.5, 0.6) is 0 Å². The SMILES string of the molecule is Cc1ccc(C)c(Cn2c(NN=Cc3ccccc3)nc3c2c(=O)[nH]c(=O)n3C)c1. The van der Waals surface area contributed by atoms with Crippen LogP contribution in [0, 0.1) is 13.8 Å². The molecule has 0 bridgehead atoms. The Bertz CT molecular complexity index is 1360. The number of imidazole rings is 1. The number of rotatable bonds is 5. The average molecular weight is 402 g/mol. The van der Waals surface area contributed by atoms with Crippen molar-refractivity contribution in [1.29, 1.82) is 0 Å². The van der Waals surface area contributed by atoms with Gasteiger partial charge in [0, 0.05) is 7.05 Å². The third-order valence-corrected chi connectivity index (χ3v) is 5.02. The Balaban J connectivity index is 1.83. The van der Waals surface area contributed by atoms with Gasteiger partial charge in [0.1, 0.15) is 0 Å². The summed E-state index contributed by atoms with van der Waals surface area (Å²) in [4.78, 5) is 31.5. The van der Waals surface area contributed by atoms with Crippen molar-refractivity contribution in [3.8, 4) is 0 Å². The molecular formula is C22H22N6O2. The standard InChI is InChI=1S/C22H22N6O2/c1-14-9-10-15(2)17(11-14)13-28-18-19(27(3)22(30)25-20(18)29)24-21(28)26-23-12-16-7-5-4-6-8-16/h4-12H,13H2,1-3H3,(H,24,26)(H,25,29,30). The molecule has 0 amide bonds. The molecule has 30 heavy (non-hydrogen) atoms. The maximum Gasteiger partial charge on any atom is 0.329 e. The first-order valence-electron chi connectivity index (χ1n) is 9.54. The predicted molar refractivity (Wildman–Crippen MR) is 118 cm³/mol. The number of benzene rings is 2. The second-order valence-electron chi connectivity index (χ2n) is 7.22. The third-order valence-electron chi connectivity index (χ3n) is 5.02. The Morgan fingerprint density at radius 1 is 1.13 bits per heavy atom. The number of fused-ring (bicyclic) bond motifs is 1. The van der Waals surface area contributed by atoms with Crippen LogP contribution in [0.25, 0.3) is 11.2 Å². The summed E-state index contributed by atoms with van der Waals surface area (Å²) in [5.74, 6) is 0.379. The third kappa shape index (κ3) is 3.67. The smallest absolute Gasteiger partial charge is 0.298 e. The van der Waals surface area contributed by atoms with E-state index in [1.807, 2.05) is 56.3 Å². The number of nitrogens with one attached hydrogen (secondary N) is 2. The minimum absolute atomic E-state index is 0.298. The van der Waals surface area contributed by atoms with Gasteiger partial charge >= 0.3 is 5.69 Å². The Morgan fingerprint density at radius 2 is 1.90 bits per heavy atom. The van der Waals surface area contributed by atoms with E-state index in [0.29, 0.717) is 23.7 Å². The Kier molecular flexibility index (Phi) is 5.05. The van der Waals surface area contributed by atoms with Gasteiger partial charge < -0.3 is 0 Å². The lowest BCUT2D eigenvalue weighted by molar-refractivity contribution is 0.804. The molecule has 2 aromatic carbocycles. The molecular weight excluding hydrogens is 380 g/mol. The maximum atomic E-state index is 12.6. The number of aryl methyl sites for hydroxylation is 3. The molecule has 0 spiro atoms. The van der Waals surface area contributed by atoms with E-state index >= 15 is 0 Å². The van der Waals surface area contributed by atoms with Gasteiger partial charge in [-0.2, -0.15) is 10.1 Å². The molecule has 0 aliphatic rings. The summed E-state index contributed by atoms with van der Waals surface area (Å²) in [6, 6.07) is 15.8. The van der Waals surface area contributed by atoms with Crippen molar-refractivity contribution in [2.24, 2.45) is 12.1 Å². The number of aromatic nitrogens is 4.